The third kappa shape index (κ3) is 8.69. The molecule has 3 aromatic carbocycles. The van der Waals surface area contributed by atoms with E-state index >= 15 is 0 Å². The van der Waals surface area contributed by atoms with Crippen LogP contribution in [0.25, 0.3) is 0 Å². The minimum Gasteiger partial charge on any atom is -0.493 e. The van der Waals surface area contributed by atoms with Gasteiger partial charge in [0.1, 0.15) is 12.4 Å². The number of carbonyl (C=O) groups is 1. The van der Waals surface area contributed by atoms with Gasteiger partial charge in [0, 0.05) is 19.6 Å². The summed E-state index contributed by atoms with van der Waals surface area (Å²) in [6.45, 7) is 4.55. The van der Waals surface area contributed by atoms with E-state index in [9.17, 15) is 9.18 Å². The Kier molecular flexibility index (Phi) is 11.4. The summed E-state index contributed by atoms with van der Waals surface area (Å²) in [6, 6.07) is 22.3. The van der Waals surface area contributed by atoms with Crippen LogP contribution in [0.5, 0.6) is 11.5 Å². The van der Waals surface area contributed by atoms with Gasteiger partial charge in [0.2, 0.25) is 5.91 Å². The van der Waals surface area contributed by atoms with Crippen molar-refractivity contribution in [3.8, 4) is 11.5 Å². The Morgan fingerprint density at radius 1 is 0.941 bits per heavy atom. The molecule has 0 aromatic heterocycles. The maximum atomic E-state index is 13.4. The number of amides is 1. The molecule has 0 saturated carbocycles. The molecule has 0 bridgehead atoms. The Morgan fingerprint density at radius 2 is 1.71 bits per heavy atom. The normalized spacial score (nSPS) is 10.5. The molecule has 0 fully saturated rings. The molecule has 7 heteroatoms. The standard InChI is InChI=1S/C27H31FN2O3.ClH/c1-3-29-27(31)19-30(18-22-8-5-4-6-9-22)15-14-21-12-13-25(26(17-21)32-2)33-20-23-10-7-11-24(28)16-23;/h4-13,16-17H,3,14-15,18-20H2,1-2H3,(H,29,31);1H. The maximum Gasteiger partial charge on any atom is 0.234 e. The highest BCUT2D eigenvalue weighted by Crippen LogP contribution is 2.29. The van der Waals surface area contributed by atoms with Gasteiger partial charge in [-0.25, -0.2) is 4.39 Å². The van der Waals surface area contributed by atoms with Crippen molar-refractivity contribution in [2.75, 3.05) is 26.7 Å². The van der Waals surface area contributed by atoms with Crippen LogP contribution in [-0.4, -0.2) is 37.6 Å². The van der Waals surface area contributed by atoms with E-state index in [1.54, 1.807) is 13.2 Å². The second-order valence-electron chi connectivity index (χ2n) is 7.80. The van der Waals surface area contributed by atoms with Crippen molar-refractivity contribution >= 4 is 18.3 Å². The third-order valence-corrected chi connectivity index (χ3v) is 5.22. The zero-order valence-corrected chi connectivity index (χ0v) is 20.4. The third-order valence-electron chi connectivity index (χ3n) is 5.22. The van der Waals surface area contributed by atoms with E-state index in [0.29, 0.717) is 31.1 Å². The van der Waals surface area contributed by atoms with Crippen molar-refractivity contribution < 1.29 is 18.7 Å². The van der Waals surface area contributed by atoms with E-state index in [2.05, 4.69) is 22.3 Å². The number of carbonyl (C=O) groups excluding carboxylic acids is 1. The molecule has 182 valence electrons. The molecule has 3 rings (SSSR count). The lowest BCUT2D eigenvalue weighted by Crippen LogP contribution is -2.37. The first kappa shape index (κ1) is 27.2. The summed E-state index contributed by atoms with van der Waals surface area (Å²) in [4.78, 5) is 14.3. The second kappa shape index (κ2) is 14.2. The lowest BCUT2D eigenvalue weighted by molar-refractivity contribution is -0.122. The molecule has 0 unspecified atom stereocenters. The van der Waals surface area contributed by atoms with Gasteiger partial charge in [-0.3, -0.25) is 9.69 Å². The molecule has 0 aliphatic heterocycles. The van der Waals surface area contributed by atoms with Gasteiger partial charge in [-0.1, -0.05) is 48.5 Å². The fraction of sp³-hybridized carbons (Fsp3) is 0.296. The van der Waals surface area contributed by atoms with E-state index in [-0.39, 0.29) is 30.7 Å². The van der Waals surface area contributed by atoms with Crippen LogP contribution in [0.4, 0.5) is 4.39 Å². The first-order valence-electron chi connectivity index (χ1n) is 11.1. The van der Waals surface area contributed by atoms with Gasteiger partial charge in [-0.15, -0.1) is 12.4 Å². The molecular formula is C27H32ClFN2O3. The summed E-state index contributed by atoms with van der Waals surface area (Å²) in [5.41, 5.74) is 3.00. The average molecular weight is 487 g/mol. The summed E-state index contributed by atoms with van der Waals surface area (Å²) >= 11 is 0. The summed E-state index contributed by atoms with van der Waals surface area (Å²) in [5, 5.41) is 2.88. The van der Waals surface area contributed by atoms with Crippen LogP contribution in [-0.2, 0) is 24.4 Å². The number of hydrogen-bond acceptors (Lipinski definition) is 4. The molecule has 34 heavy (non-hydrogen) atoms. The van der Waals surface area contributed by atoms with E-state index in [1.165, 1.54) is 17.7 Å². The maximum absolute atomic E-state index is 13.4. The lowest BCUT2D eigenvalue weighted by atomic mass is 10.1. The molecule has 1 amide bonds. The fourth-order valence-electron chi connectivity index (χ4n) is 3.57. The molecule has 0 aliphatic rings. The summed E-state index contributed by atoms with van der Waals surface area (Å²) in [5.74, 6) is 0.967. The lowest BCUT2D eigenvalue weighted by Gasteiger charge is -2.22. The van der Waals surface area contributed by atoms with E-state index < -0.39 is 0 Å². The molecule has 3 aromatic rings. The molecule has 0 atom stereocenters. The van der Waals surface area contributed by atoms with Gasteiger partial charge in [-0.05, 0) is 54.3 Å². The van der Waals surface area contributed by atoms with Crippen molar-refractivity contribution in [3.05, 3.63) is 95.3 Å². The molecule has 1 N–H and O–H groups in total. The molecule has 0 aliphatic carbocycles. The minimum absolute atomic E-state index is 0. The Morgan fingerprint density at radius 3 is 2.41 bits per heavy atom. The van der Waals surface area contributed by atoms with Gasteiger partial charge in [-0.2, -0.15) is 0 Å². The number of hydrogen-bond donors (Lipinski definition) is 1. The highest BCUT2D eigenvalue weighted by atomic mass is 35.5. The Bertz CT molecular complexity index is 1030. The summed E-state index contributed by atoms with van der Waals surface area (Å²) < 4.78 is 24.8. The molecular weight excluding hydrogens is 455 g/mol. The first-order chi connectivity index (χ1) is 16.1. The molecule has 0 saturated heterocycles. The monoisotopic (exact) mass is 486 g/mol. The van der Waals surface area contributed by atoms with Crippen molar-refractivity contribution in [2.24, 2.45) is 0 Å². The van der Waals surface area contributed by atoms with Gasteiger partial charge in [0.25, 0.3) is 0 Å². The van der Waals surface area contributed by atoms with Crippen LogP contribution in [0.15, 0.2) is 72.8 Å². The number of nitrogens with one attached hydrogen (secondary N) is 1. The number of nitrogens with zero attached hydrogens (tertiary/aromatic N) is 1. The van der Waals surface area contributed by atoms with E-state index in [1.807, 2.05) is 49.4 Å². The van der Waals surface area contributed by atoms with E-state index in [0.717, 1.165) is 24.1 Å². The quantitative estimate of drug-likeness (QED) is 0.390. The predicted molar refractivity (Wildman–Crippen MR) is 135 cm³/mol. The summed E-state index contributed by atoms with van der Waals surface area (Å²) in [7, 11) is 1.60. The number of ether oxygens (including phenoxy) is 2. The van der Waals surface area contributed by atoms with Crippen molar-refractivity contribution in [1.82, 2.24) is 10.2 Å². The van der Waals surface area contributed by atoms with E-state index in [4.69, 9.17) is 9.47 Å². The topological polar surface area (TPSA) is 50.8 Å². The van der Waals surface area contributed by atoms with Crippen LogP contribution in [0.1, 0.15) is 23.6 Å². The highest BCUT2D eigenvalue weighted by molar-refractivity contribution is 5.85. The van der Waals surface area contributed by atoms with Gasteiger partial charge < -0.3 is 14.8 Å². The summed E-state index contributed by atoms with van der Waals surface area (Å²) in [6.07, 6.45) is 0.757. The van der Waals surface area contributed by atoms with Crippen LogP contribution in [0.3, 0.4) is 0 Å². The molecule has 5 nitrogen and oxygen atoms in total. The van der Waals surface area contributed by atoms with Crippen LogP contribution in [0, 0.1) is 5.82 Å². The Balaban J connectivity index is 0.00000408. The first-order valence-corrected chi connectivity index (χ1v) is 11.1. The van der Waals surface area contributed by atoms with Crippen LogP contribution < -0.4 is 14.8 Å². The molecule has 0 spiro atoms. The van der Waals surface area contributed by atoms with Crippen molar-refractivity contribution in [1.29, 1.82) is 0 Å². The van der Waals surface area contributed by atoms with Crippen LogP contribution in [0.2, 0.25) is 0 Å². The zero-order chi connectivity index (χ0) is 23.5. The van der Waals surface area contributed by atoms with Crippen molar-refractivity contribution in [3.63, 3.8) is 0 Å². The Hall–Kier alpha value is -3.09. The minimum atomic E-state index is -0.286. The van der Waals surface area contributed by atoms with Crippen molar-refractivity contribution in [2.45, 2.75) is 26.5 Å². The number of methoxy groups -OCH3 is 1. The van der Waals surface area contributed by atoms with Gasteiger partial charge >= 0.3 is 0 Å². The number of rotatable bonds is 12. The van der Waals surface area contributed by atoms with Gasteiger partial charge in [0.15, 0.2) is 11.5 Å². The number of benzene rings is 3. The Labute approximate surface area is 207 Å². The van der Waals surface area contributed by atoms with Gasteiger partial charge in [0.05, 0.1) is 13.7 Å². The number of likely N-dealkylation sites (N-methyl/N-ethyl adjacent to an activating group) is 1. The second-order valence-corrected chi connectivity index (χ2v) is 7.80. The predicted octanol–water partition coefficient (Wildman–Crippen LogP) is 5.02. The number of halogens is 2. The molecule has 0 radical (unpaired) electrons. The zero-order valence-electron chi connectivity index (χ0n) is 19.6. The fourth-order valence-corrected chi connectivity index (χ4v) is 3.57. The highest BCUT2D eigenvalue weighted by Gasteiger charge is 2.13. The largest absolute Gasteiger partial charge is 0.493 e. The average Bonchev–Trinajstić information content (AvgIpc) is 2.82. The SMILES string of the molecule is CCNC(=O)CN(CCc1ccc(OCc2cccc(F)c2)c(OC)c1)Cc1ccccc1.Cl. The smallest absolute Gasteiger partial charge is 0.234 e. The molecule has 0 heterocycles. The van der Waals surface area contributed by atoms with Crippen LogP contribution >= 0.6 is 12.4 Å².